The van der Waals surface area contributed by atoms with E-state index in [-0.39, 0.29) is 11.6 Å². The molecule has 2 amide bonds. The summed E-state index contributed by atoms with van der Waals surface area (Å²) in [6.45, 7) is 0.395. The van der Waals surface area contributed by atoms with Gasteiger partial charge in [-0.05, 0) is 25.0 Å². The molecule has 23 heavy (non-hydrogen) atoms. The number of rotatable bonds is 4. The molecule has 0 spiro atoms. The number of nitrogens with zero attached hydrogens (tertiary/aromatic N) is 1. The quantitative estimate of drug-likeness (QED) is 0.890. The van der Waals surface area contributed by atoms with Gasteiger partial charge in [-0.15, -0.1) is 13.2 Å². The lowest BCUT2D eigenvalue weighted by Crippen LogP contribution is -2.37. The van der Waals surface area contributed by atoms with Crippen LogP contribution in [0, 0.1) is 5.92 Å². The van der Waals surface area contributed by atoms with E-state index in [1.54, 1.807) is 7.05 Å². The number of amides is 2. The molecule has 2 rings (SSSR count). The molecule has 0 bridgehead atoms. The lowest BCUT2D eigenvalue weighted by Gasteiger charge is -2.23. The smallest absolute Gasteiger partial charge is 0.406 e. The highest BCUT2D eigenvalue weighted by molar-refractivity contribution is 5.89. The average Bonchev–Trinajstić information content (AvgIpc) is 2.82. The van der Waals surface area contributed by atoms with Gasteiger partial charge in [-0.2, -0.15) is 0 Å². The molecule has 0 saturated heterocycles. The summed E-state index contributed by atoms with van der Waals surface area (Å²) in [7, 11) is 1.58. The third-order valence-electron chi connectivity index (χ3n) is 3.79. The fraction of sp³-hybridized carbons (Fsp3) is 0.533. The highest BCUT2D eigenvalue weighted by atomic mass is 19.4. The van der Waals surface area contributed by atoms with E-state index in [1.165, 1.54) is 17.0 Å². The van der Waals surface area contributed by atoms with Gasteiger partial charge in [0, 0.05) is 31.3 Å². The van der Waals surface area contributed by atoms with Crippen LogP contribution in [0.15, 0.2) is 24.3 Å². The van der Waals surface area contributed by atoms with Crippen LogP contribution >= 0.6 is 0 Å². The summed E-state index contributed by atoms with van der Waals surface area (Å²) in [4.78, 5) is 13.5. The molecule has 128 valence electrons. The third-order valence-corrected chi connectivity index (χ3v) is 3.79. The minimum absolute atomic E-state index is 0.0330. The van der Waals surface area contributed by atoms with Gasteiger partial charge in [0.1, 0.15) is 5.75 Å². The molecule has 1 aromatic rings. The zero-order valence-electron chi connectivity index (χ0n) is 12.6. The first-order chi connectivity index (χ1) is 10.7. The SMILES string of the molecule is CN(CC1CCCC1O)C(=O)Nc1cccc(OC(F)(F)F)c1. The molecule has 1 saturated carbocycles. The Morgan fingerprint density at radius 1 is 1.43 bits per heavy atom. The molecule has 8 heteroatoms. The van der Waals surface area contributed by atoms with Crippen LogP contribution in [0.5, 0.6) is 5.75 Å². The fourth-order valence-corrected chi connectivity index (χ4v) is 2.65. The maximum absolute atomic E-state index is 12.2. The van der Waals surface area contributed by atoms with Gasteiger partial charge in [0.05, 0.1) is 6.10 Å². The number of halogens is 3. The van der Waals surface area contributed by atoms with E-state index < -0.39 is 24.2 Å². The number of benzene rings is 1. The second kappa shape index (κ2) is 7.08. The first kappa shape index (κ1) is 17.4. The van der Waals surface area contributed by atoms with E-state index in [0.29, 0.717) is 6.54 Å². The summed E-state index contributed by atoms with van der Waals surface area (Å²) < 4.78 is 40.4. The van der Waals surface area contributed by atoms with Gasteiger partial charge in [-0.3, -0.25) is 0 Å². The molecule has 2 unspecified atom stereocenters. The van der Waals surface area contributed by atoms with Crippen LogP contribution in [-0.4, -0.2) is 42.1 Å². The molecule has 5 nitrogen and oxygen atoms in total. The largest absolute Gasteiger partial charge is 0.573 e. The zero-order chi connectivity index (χ0) is 17.0. The summed E-state index contributed by atoms with van der Waals surface area (Å²) in [6.07, 6.45) is -2.67. The Labute approximate surface area is 132 Å². The number of urea groups is 1. The molecule has 1 aliphatic carbocycles. The normalized spacial score (nSPS) is 21.1. The van der Waals surface area contributed by atoms with E-state index >= 15 is 0 Å². The molecule has 0 radical (unpaired) electrons. The van der Waals surface area contributed by atoms with E-state index in [1.807, 2.05) is 0 Å². The summed E-state index contributed by atoms with van der Waals surface area (Å²) >= 11 is 0. The Morgan fingerprint density at radius 2 is 2.17 bits per heavy atom. The number of anilines is 1. The van der Waals surface area contributed by atoms with Crippen molar-refractivity contribution in [3.63, 3.8) is 0 Å². The second-order valence-corrected chi connectivity index (χ2v) is 5.64. The average molecular weight is 332 g/mol. The Balaban J connectivity index is 1.92. The number of carbonyl (C=O) groups is 1. The van der Waals surface area contributed by atoms with E-state index in [0.717, 1.165) is 31.4 Å². The number of hydrogen-bond donors (Lipinski definition) is 2. The Morgan fingerprint density at radius 3 is 2.78 bits per heavy atom. The number of hydrogen-bond acceptors (Lipinski definition) is 3. The van der Waals surface area contributed by atoms with Crippen molar-refractivity contribution in [2.75, 3.05) is 18.9 Å². The molecule has 1 aromatic carbocycles. The van der Waals surface area contributed by atoms with Crippen LogP contribution in [-0.2, 0) is 0 Å². The van der Waals surface area contributed by atoms with Crippen molar-refractivity contribution in [3.8, 4) is 5.75 Å². The van der Waals surface area contributed by atoms with Crippen molar-refractivity contribution in [2.24, 2.45) is 5.92 Å². The molecule has 0 aliphatic heterocycles. The lowest BCUT2D eigenvalue weighted by molar-refractivity contribution is -0.274. The summed E-state index contributed by atoms with van der Waals surface area (Å²) in [5.74, 6) is -0.366. The van der Waals surface area contributed by atoms with Gasteiger partial charge in [0.15, 0.2) is 0 Å². The van der Waals surface area contributed by atoms with Crippen LogP contribution in [0.3, 0.4) is 0 Å². The van der Waals surface area contributed by atoms with Crippen LogP contribution in [0.1, 0.15) is 19.3 Å². The molecule has 0 heterocycles. The van der Waals surface area contributed by atoms with E-state index in [9.17, 15) is 23.1 Å². The van der Waals surface area contributed by atoms with Gasteiger partial charge < -0.3 is 20.1 Å². The topological polar surface area (TPSA) is 61.8 Å². The number of nitrogens with one attached hydrogen (secondary N) is 1. The van der Waals surface area contributed by atoms with Crippen LogP contribution in [0.25, 0.3) is 0 Å². The second-order valence-electron chi connectivity index (χ2n) is 5.64. The Bertz CT molecular complexity index is 551. The minimum Gasteiger partial charge on any atom is -0.406 e. The molecular formula is C15H19F3N2O3. The molecule has 2 atom stereocenters. The summed E-state index contributed by atoms with van der Waals surface area (Å²) in [5, 5.41) is 12.3. The van der Waals surface area contributed by atoms with Crippen molar-refractivity contribution in [3.05, 3.63) is 24.3 Å². The predicted octanol–water partition coefficient (Wildman–Crippen LogP) is 3.21. The Kier molecular flexibility index (Phi) is 5.35. The van der Waals surface area contributed by atoms with Gasteiger partial charge >= 0.3 is 12.4 Å². The molecule has 0 aromatic heterocycles. The van der Waals surface area contributed by atoms with E-state index in [2.05, 4.69) is 10.1 Å². The molecular weight excluding hydrogens is 313 g/mol. The summed E-state index contributed by atoms with van der Waals surface area (Å²) in [6, 6.07) is 4.63. The van der Waals surface area contributed by atoms with Crippen molar-refractivity contribution in [2.45, 2.75) is 31.7 Å². The molecule has 2 N–H and O–H groups in total. The highest BCUT2D eigenvalue weighted by Crippen LogP contribution is 2.27. The first-order valence-electron chi connectivity index (χ1n) is 7.30. The van der Waals surface area contributed by atoms with Crippen LogP contribution in [0.4, 0.5) is 23.7 Å². The van der Waals surface area contributed by atoms with Crippen molar-refractivity contribution >= 4 is 11.7 Å². The number of alkyl halides is 3. The molecule has 1 aliphatic rings. The highest BCUT2D eigenvalue weighted by Gasteiger charge is 2.31. The number of carbonyl (C=O) groups excluding carboxylic acids is 1. The zero-order valence-corrected chi connectivity index (χ0v) is 12.6. The van der Waals surface area contributed by atoms with Gasteiger partial charge in [0.25, 0.3) is 0 Å². The fourth-order valence-electron chi connectivity index (χ4n) is 2.65. The minimum atomic E-state index is -4.78. The Hall–Kier alpha value is -1.96. The maximum Gasteiger partial charge on any atom is 0.573 e. The third kappa shape index (κ3) is 5.31. The van der Waals surface area contributed by atoms with Gasteiger partial charge in [-0.25, -0.2) is 4.79 Å². The first-order valence-corrected chi connectivity index (χ1v) is 7.30. The number of aliphatic hydroxyl groups is 1. The molecule has 1 fully saturated rings. The number of ether oxygens (including phenoxy) is 1. The standard InChI is InChI=1S/C15H19F3N2O3/c1-20(9-10-4-2-7-13(10)21)14(22)19-11-5-3-6-12(8-11)23-15(16,17)18/h3,5-6,8,10,13,21H,2,4,7,9H2,1H3,(H,19,22). The predicted molar refractivity (Wildman–Crippen MR) is 78.1 cm³/mol. The van der Waals surface area contributed by atoms with Crippen molar-refractivity contribution in [1.29, 1.82) is 0 Å². The maximum atomic E-state index is 12.2. The van der Waals surface area contributed by atoms with Gasteiger partial charge in [0.2, 0.25) is 0 Å². The van der Waals surface area contributed by atoms with Crippen molar-refractivity contribution in [1.82, 2.24) is 4.90 Å². The number of aliphatic hydroxyl groups excluding tert-OH is 1. The van der Waals surface area contributed by atoms with E-state index in [4.69, 9.17) is 0 Å². The lowest BCUT2D eigenvalue weighted by atomic mass is 10.1. The summed E-state index contributed by atoms with van der Waals surface area (Å²) in [5.41, 5.74) is 0.204. The van der Waals surface area contributed by atoms with Crippen molar-refractivity contribution < 1.29 is 27.8 Å². The monoisotopic (exact) mass is 332 g/mol. The van der Waals surface area contributed by atoms with Gasteiger partial charge in [-0.1, -0.05) is 12.5 Å². The van der Waals surface area contributed by atoms with Crippen LogP contribution < -0.4 is 10.1 Å². The van der Waals surface area contributed by atoms with Crippen LogP contribution in [0.2, 0.25) is 0 Å².